The van der Waals surface area contributed by atoms with Crippen molar-refractivity contribution in [1.82, 2.24) is 9.88 Å². The summed E-state index contributed by atoms with van der Waals surface area (Å²) >= 11 is 0. The molecule has 1 N–H and O–H groups in total. The van der Waals surface area contributed by atoms with Crippen molar-refractivity contribution < 1.29 is 5.11 Å². The Hall–Kier alpha value is -2.67. The van der Waals surface area contributed by atoms with Crippen LogP contribution in [0.4, 0.5) is 0 Å². The van der Waals surface area contributed by atoms with E-state index in [1.165, 1.54) is 35.1 Å². The lowest BCUT2D eigenvalue weighted by atomic mass is 9.88. The van der Waals surface area contributed by atoms with Gasteiger partial charge in [0.05, 0.1) is 5.60 Å². The summed E-state index contributed by atoms with van der Waals surface area (Å²) in [4.78, 5) is 6.99. The van der Waals surface area contributed by atoms with Gasteiger partial charge in [-0.25, -0.2) is 4.98 Å². The Labute approximate surface area is 199 Å². The molecule has 33 heavy (non-hydrogen) atoms. The Morgan fingerprint density at radius 1 is 1.15 bits per heavy atom. The quantitative estimate of drug-likeness (QED) is 0.598. The number of pyridine rings is 1. The van der Waals surface area contributed by atoms with Crippen LogP contribution in [0, 0.1) is 17.8 Å². The molecule has 0 bridgehead atoms. The molecule has 0 radical (unpaired) electrons. The fourth-order valence-electron chi connectivity index (χ4n) is 4.56. The lowest BCUT2D eigenvalue weighted by Gasteiger charge is -2.35. The van der Waals surface area contributed by atoms with Gasteiger partial charge in [0, 0.05) is 31.4 Å². The van der Waals surface area contributed by atoms with E-state index in [1.807, 2.05) is 19.2 Å². The molecule has 2 heterocycles. The Morgan fingerprint density at radius 2 is 1.91 bits per heavy atom. The third-order valence-electron chi connectivity index (χ3n) is 6.87. The number of likely N-dealkylation sites (tertiary alicyclic amines) is 1. The molecular formula is C30H36N2O. The van der Waals surface area contributed by atoms with E-state index in [-0.39, 0.29) is 0 Å². The van der Waals surface area contributed by atoms with Crippen molar-refractivity contribution in [3.63, 3.8) is 0 Å². The van der Waals surface area contributed by atoms with Crippen LogP contribution < -0.4 is 0 Å². The molecule has 4 rings (SSSR count). The number of allylic oxidation sites excluding steroid dienone is 2. The van der Waals surface area contributed by atoms with Gasteiger partial charge >= 0.3 is 0 Å². The zero-order valence-corrected chi connectivity index (χ0v) is 20.3. The number of hydrogen-bond acceptors (Lipinski definition) is 3. The molecule has 172 valence electrons. The molecule has 0 spiro atoms. The Morgan fingerprint density at radius 3 is 2.55 bits per heavy atom. The van der Waals surface area contributed by atoms with E-state index < -0.39 is 5.60 Å². The standard InChI is InChI=1S/C30H36N2O/c1-23-4-11-27(12-5-23)28-13-15-29(31-21-28)14-10-25-6-8-26(9-7-25)20-24(2)22-32-18-16-30(3,33)17-19-32/h6-9,11,13,15,20-21,23,33H,4-5,12,16-19,22H2,1-3H3/b24-20+. The molecular weight excluding hydrogens is 404 g/mol. The summed E-state index contributed by atoms with van der Waals surface area (Å²) in [5, 5.41) is 10.1. The number of hydrogen-bond donors (Lipinski definition) is 1. The highest BCUT2D eigenvalue weighted by Gasteiger charge is 2.26. The Bertz CT molecular complexity index is 1060. The molecule has 2 aromatic rings. The summed E-state index contributed by atoms with van der Waals surface area (Å²) < 4.78 is 0. The minimum absolute atomic E-state index is 0.492. The summed E-state index contributed by atoms with van der Waals surface area (Å²) in [7, 11) is 0. The first-order chi connectivity index (χ1) is 15.9. The number of nitrogens with zero attached hydrogens (tertiary/aromatic N) is 2. The number of aliphatic hydroxyl groups is 1. The molecule has 1 aromatic carbocycles. The van der Waals surface area contributed by atoms with Gasteiger partial charge in [0.25, 0.3) is 0 Å². The molecule has 1 aliphatic heterocycles. The van der Waals surface area contributed by atoms with Gasteiger partial charge in [0.15, 0.2) is 0 Å². The van der Waals surface area contributed by atoms with Gasteiger partial charge in [-0.1, -0.05) is 48.8 Å². The highest BCUT2D eigenvalue weighted by Crippen LogP contribution is 2.29. The van der Waals surface area contributed by atoms with E-state index in [0.717, 1.165) is 56.1 Å². The lowest BCUT2D eigenvalue weighted by molar-refractivity contribution is -0.00297. The van der Waals surface area contributed by atoms with E-state index in [4.69, 9.17) is 0 Å². The first-order valence-corrected chi connectivity index (χ1v) is 12.3. The molecule has 1 fully saturated rings. The maximum Gasteiger partial charge on any atom is 0.113 e. The first-order valence-electron chi connectivity index (χ1n) is 12.3. The van der Waals surface area contributed by atoms with Crippen LogP contribution in [-0.2, 0) is 0 Å². The highest BCUT2D eigenvalue weighted by atomic mass is 16.3. The highest BCUT2D eigenvalue weighted by molar-refractivity contribution is 5.66. The maximum absolute atomic E-state index is 10.1. The van der Waals surface area contributed by atoms with E-state index in [1.54, 1.807) is 0 Å². The van der Waals surface area contributed by atoms with Crippen LogP contribution in [0.5, 0.6) is 0 Å². The minimum Gasteiger partial charge on any atom is -0.390 e. The van der Waals surface area contributed by atoms with Crippen LogP contribution in [0.3, 0.4) is 0 Å². The summed E-state index contributed by atoms with van der Waals surface area (Å²) in [5.41, 5.74) is 6.50. The van der Waals surface area contributed by atoms with Gasteiger partial charge in [0.1, 0.15) is 5.69 Å². The molecule has 1 aliphatic carbocycles. The molecule has 0 amide bonds. The van der Waals surface area contributed by atoms with E-state index in [0.29, 0.717) is 0 Å². The number of benzene rings is 1. The number of aromatic nitrogens is 1. The van der Waals surface area contributed by atoms with Crippen LogP contribution in [0.2, 0.25) is 0 Å². The predicted octanol–water partition coefficient (Wildman–Crippen LogP) is 5.93. The Balaban J connectivity index is 1.33. The maximum atomic E-state index is 10.1. The van der Waals surface area contributed by atoms with Crippen molar-refractivity contribution in [1.29, 1.82) is 0 Å². The second kappa shape index (κ2) is 10.5. The van der Waals surface area contributed by atoms with Crippen LogP contribution in [0.25, 0.3) is 11.6 Å². The van der Waals surface area contributed by atoms with Gasteiger partial charge < -0.3 is 5.11 Å². The van der Waals surface area contributed by atoms with Crippen LogP contribution in [0.15, 0.2) is 54.2 Å². The smallest absolute Gasteiger partial charge is 0.113 e. The third kappa shape index (κ3) is 6.90. The van der Waals surface area contributed by atoms with Crippen molar-refractivity contribution in [2.45, 2.75) is 58.5 Å². The monoisotopic (exact) mass is 440 g/mol. The van der Waals surface area contributed by atoms with Crippen LogP contribution in [0.1, 0.15) is 75.3 Å². The molecule has 3 nitrogen and oxygen atoms in total. The van der Waals surface area contributed by atoms with Gasteiger partial charge in [-0.15, -0.1) is 0 Å². The fourth-order valence-corrected chi connectivity index (χ4v) is 4.56. The summed E-state index contributed by atoms with van der Waals surface area (Å²) in [6.07, 6.45) is 11.9. The number of piperidine rings is 1. The molecule has 2 aliphatic rings. The molecule has 1 saturated heterocycles. The molecule has 1 atom stereocenters. The lowest BCUT2D eigenvalue weighted by Crippen LogP contribution is -2.42. The fraction of sp³-hybridized carbons (Fsp3) is 0.433. The Kier molecular flexibility index (Phi) is 7.48. The second-order valence-corrected chi connectivity index (χ2v) is 10.2. The van der Waals surface area contributed by atoms with Crippen molar-refractivity contribution in [2.24, 2.45) is 5.92 Å². The average molecular weight is 441 g/mol. The normalized spacial score (nSPS) is 21.2. The van der Waals surface area contributed by atoms with E-state index >= 15 is 0 Å². The predicted molar refractivity (Wildman–Crippen MR) is 138 cm³/mol. The van der Waals surface area contributed by atoms with Crippen LogP contribution >= 0.6 is 0 Å². The summed E-state index contributed by atoms with van der Waals surface area (Å²) in [6, 6.07) is 12.6. The SMILES string of the molecule is C/C(=C\c1ccc(C#Cc2ccc(C3=CCC(C)CC3)cn2)cc1)CN1CCC(C)(O)CC1. The molecule has 3 heteroatoms. The molecule has 0 saturated carbocycles. The molecule has 1 unspecified atom stereocenters. The van der Waals surface area contributed by atoms with Gasteiger partial charge in [-0.3, -0.25) is 4.90 Å². The summed E-state index contributed by atoms with van der Waals surface area (Å²) in [5.74, 6) is 7.23. The minimum atomic E-state index is -0.492. The van der Waals surface area contributed by atoms with E-state index in [9.17, 15) is 5.11 Å². The second-order valence-electron chi connectivity index (χ2n) is 10.2. The summed E-state index contributed by atoms with van der Waals surface area (Å²) in [6.45, 7) is 9.31. The third-order valence-corrected chi connectivity index (χ3v) is 6.87. The van der Waals surface area contributed by atoms with Gasteiger partial charge in [-0.2, -0.15) is 0 Å². The van der Waals surface area contributed by atoms with E-state index in [2.05, 4.69) is 78.1 Å². The average Bonchev–Trinajstić information content (AvgIpc) is 2.81. The van der Waals surface area contributed by atoms with Gasteiger partial charge in [-0.05, 0) is 92.7 Å². The van der Waals surface area contributed by atoms with Gasteiger partial charge in [0.2, 0.25) is 0 Å². The van der Waals surface area contributed by atoms with Crippen molar-refractivity contribution in [3.8, 4) is 11.8 Å². The first kappa shape index (κ1) is 23.5. The number of rotatable bonds is 4. The van der Waals surface area contributed by atoms with Crippen LogP contribution in [-0.4, -0.2) is 40.2 Å². The molecule has 1 aromatic heterocycles. The van der Waals surface area contributed by atoms with Crippen molar-refractivity contribution >= 4 is 11.6 Å². The topological polar surface area (TPSA) is 36.4 Å². The zero-order chi connectivity index (χ0) is 23.3. The van der Waals surface area contributed by atoms with Crippen molar-refractivity contribution in [3.05, 3.63) is 76.6 Å². The van der Waals surface area contributed by atoms with Crippen molar-refractivity contribution in [2.75, 3.05) is 19.6 Å². The zero-order valence-electron chi connectivity index (χ0n) is 20.3. The largest absolute Gasteiger partial charge is 0.390 e.